The Morgan fingerprint density at radius 2 is 2.00 bits per heavy atom. The molecular formula is C15H23NS. The van der Waals surface area contributed by atoms with Crippen molar-refractivity contribution in [3.05, 3.63) is 29.8 Å². The molecule has 1 aromatic carbocycles. The van der Waals surface area contributed by atoms with Gasteiger partial charge in [0.05, 0.1) is 0 Å². The Labute approximate surface area is 109 Å². The van der Waals surface area contributed by atoms with Gasteiger partial charge in [-0.25, -0.2) is 0 Å². The van der Waals surface area contributed by atoms with Crippen LogP contribution in [0.3, 0.4) is 0 Å². The molecule has 0 radical (unpaired) electrons. The SMILES string of the molecule is CNC(CCC1CC1)CSc1ccc(C)cc1. The first-order valence-electron chi connectivity index (χ1n) is 6.64. The van der Waals surface area contributed by atoms with Gasteiger partial charge in [0, 0.05) is 16.7 Å². The molecule has 17 heavy (non-hydrogen) atoms. The van der Waals surface area contributed by atoms with Crippen LogP contribution in [0.25, 0.3) is 0 Å². The van der Waals surface area contributed by atoms with Crippen LogP contribution in [-0.2, 0) is 0 Å². The van der Waals surface area contributed by atoms with E-state index in [1.54, 1.807) is 0 Å². The second kappa shape index (κ2) is 6.46. The number of aryl methyl sites for hydroxylation is 1. The van der Waals surface area contributed by atoms with Crippen molar-refractivity contribution in [1.82, 2.24) is 5.32 Å². The van der Waals surface area contributed by atoms with E-state index in [0.29, 0.717) is 6.04 Å². The summed E-state index contributed by atoms with van der Waals surface area (Å²) in [5, 5.41) is 3.45. The van der Waals surface area contributed by atoms with E-state index in [0.717, 1.165) is 5.92 Å². The number of rotatable bonds is 7. The van der Waals surface area contributed by atoms with Crippen LogP contribution in [0.15, 0.2) is 29.2 Å². The summed E-state index contributed by atoms with van der Waals surface area (Å²) in [5.74, 6) is 2.24. The number of hydrogen-bond donors (Lipinski definition) is 1. The van der Waals surface area contributed by atoms with Crippen LogP contribution < -0.4 is 5.32 Å². The molecule has 1 fully saturated rings. The van der Waals surface area contributed by atoms with Crippen molar-refractivity contribution in [1.29, 1.82) is 0 Å². The lowest BCUT2D eigenvalue weighted by Gasteiger charge is -2.15. The average Bonchev–Trinajstić information content (AvgIpc) is 3.15. The maximum atomic E-state index is 3.45. The fourth-order valence-electron chi connectivity index (χ4n) is 1.99. The standard InChI is InChI=1S/C15H23NS/c1-12-3-9-15(10-4-12)17-11-14(16-2)8-7-13-5-6-13/h3-4,9-10,13-14,16H,5-8,11H2,1-2H3. The zero-order chi connectivity index (χ0) is 12.1. The summed E-state index contributed by atoms with van der Waals surface area (Å²) in [4.78, 5) is 1.39. The molecule has 0 spiro atoms. The van der Waals surface area contributed by atoms with Crippen molar-refractivity contribution in [2.45, 2.75) is 43.5 Å². The second-order valence-corrected chi connectivity index (χ2v) is 6.22. The van der Waals surface area contributed by atoms with Crippen LogP contribution in [0.5, 0.6) is 0 Å². The highest BCUT2D eigenvalue weighted by atomic mass is 32.2. The van der Waals surface area contributed by atoms with E-state index < -0.39 is 0 Å². The van der Waals surface area contributed by atoms with Crippen LogP contribution in [0.1, 0.15) is 31.2 Å². The number of benzene rings is 1. The second-order valence-electron chi connectivity index (χ2n) is 5.13. The first-order chi connectivity index (χ1) is 8.28. The number of thioether (sulfide) groups is 1. The van der Waals surface area contributed by atoms with Gasteiger partial charge in [0.15, 0.2) is 0 Å². The van der Waals surface area contributed by atoms with Crippen molar-refractivity contribution >= 4 is 11.8 Å². The molecule has 2 rings (SSSR count). The molecule has 0 heterocycles. The predicted octanol–water partition coefficient (Wildman–Crippen LogP) is 3.87. The molecule has 1 N–H and O–H groups in total. The van der Waals surface area contributed by atoms with Gasteiger partial charge >= 0.3 is 0 Å². The van der Waals surface area contributed by atoms with Gasteiger partial charge in [0.25, 0.3) is 0 Å². The lowest BCUT2D eigenvalue weighted by Crippen LogP contribution is -2.27. The lowest BCUT2D eigenvalue weighted by molar-refractivity contribution is 0.526. The molecule has 1 aliphatic rings. The molecule has 1 aliphatic carbocycles. The van der Waals surface area contributed by atoms with Gasteiger partial charge in [-0.1, -0.05) is 30.5 Å². The monoisotopic (exact) mass is 249 g/mol. The maximum Gasteiger partial charge on any atom is 0.0158 e. The van der Waals surface area contributed by atoms with Crippen molar-refractivity contribution in [3.8, 4) is 0 Å². The third kappa shape index (κ3) is 4.72. The molecule has 1 unspecified atom stereocenters. The molecule has 2 heteroatoms. The first kappa shape index (κ1) is 13.0. The fourth-order valence-corrected chi connectivity index (χ4v) is 3.04. The fraction of sp³-hybridized carbons (Fsp3) is 0.600. The van der Waals surface area contributed by atoms with Gasteiger partial charge in [-0.05, 0) is 44.9 Å². The van der Waals surface area contributed by atoms with Gasteiger partial charge in [0.1, 0.15) is 0 Å². The summed E-state index contributed by atoms with van der Waals surface area (Å²) < 4.78 is 0. The van der Waals surface area contributed by atoms with Crippen LogP contribution >= 0.6 is 11.8 Å². The van der Waals surface area contributed by atoms with Gasteiger partial charge in [-0.3, -0.25) is 0 Å². The van der Waals surface area contributed by atoms with Crippen molar-refractivity contribution in [2.75, 3.05) is 12.8 Å². The summed E-state index contributed by atoms with van der Waals surface area (Å²) in [6.07, 6.45) is 5.70. The quantitative estimate of drug-likeness (QED) is 0.736. The first-order valence-corrected chi connectivity index (χ1v) is 7.63. The van der Waals surface area contributed by atoms with Crippen LogP contribution in [0.4, 0.5) is 0 Å². The minimum absolute atomic E-state index is 0.668. The highest BCUT2D eigenvalue weighted by Gasteiger charge is 2.22. The molecular weight excluding hydrogens is 226 g/mol. The minimum atomic E-state index is 0.668. The third-order valence-electron chi connectivity index (χ3n) is 3.50. The molecule has 0 bridgehead atoms. The topological polar surface area (TPSA) is 12.0 Å². The summed E-state index contributed by atoms with van der Waals surface area (Å²) in [6.45, 7) is 2.14. The van der Waals surface area contributed by atoms with E-state index in [-0.39, 0.29) is 0 Å². The molecule has 0 saturated heterocycles. The van der Waals surface area contributed by atoms with E-state index in [1.165, 1.54) is 41.9 Å². The highest BCUT2D eigenvalue weighted by molar-refractivity contribution is 7.99. The number of nitrogens with one attached hydrogen (secondary N) is 1. The molecule has 1 aromatic rings. The summed E-state index contributed by atoms with van der Waals surface area (Å²) in [6, 6.07) is 9.52. The van der Waals surface area contributed by atoms with Gasteiger partial charge in [-0.15, -0.1) is 11.8 Å². The van der Waals surface area contributed by atoms with Crippen LogP contribution in [0.2, 0.25) is 0 Å². The molecule has 1 saturated carbocycles. The molecule has 1 nitrogen and oxygen atoms in total. The van der Waals surface area contributed by atoms with Crippen LogP contribution in [-0.4, -0.2) is 18.8 Å². The Morgan fingerprint density at radius 1 is 1.29 bits per heavy atom. The molecule has 0 amide bonds. The summed E-state index contributed by atoms with van der Waals surface area (Å²) in [7, 11) is 2.09. The largest absolute Gasteiger partial charge is 0.316 e. The van der Waals surface area contributed by atoms with Gasteiger partial charge in [-0.2, -0.15) is 0 Å². The predicted molar refractivity (Wildman–Crippen MR) is 76.7 cm³/mol. The maximum absolute atomic E-state index is 3.45. The van der Waals surface area contributed by atoms with E-state index in [9.17, 15) is 0 Å². The Hall–Kier alpha value is -0.470. The van der Waals surface area contributed by atoms with Crippen molar-refractivity contribution in [3.63, 3.8) is 0 Å². The molecule has 0 aromatic heterocycles. The van der Waals surface area contributed by atoms with Crippen molar-refractivity contribution in [2.24, 2.45) is 5.92 Å². The highest BCUT2D eigenvalue weighted by Crippen LogP contribution is 2.34. The molecule has 0 aliphatic heterocycles. The number of hydrogen-bond acceptors (Lipinski definition) is 2. The van der Waals surface area contributed by atoms with E-state index in [1.807, 2.05) is 11.8 Å². The zero-order valence-electron chi connectivity index (χ0n) is 10.9. The summed E-state index contributed by atoms with van der Waals surface area (Å²) in [5.41, 5.74) is 1.34. The van der Waals surface area contributed by atoms with E-state index in [2.05, 4.69) is 43.6 Å². The Balaban J connectivity index is 1.72. The van der Waals surface area contributed by atoms with E-state index in [4.69, 9.17) is 0 Å². The molecule has 94 valence electrons. The lowest BCUT2D eigenvalue weighted by atomic mass is 10.1. The smallest absolute Gasteiger partial charge is 0.0158 e. The third-order valence-corrected chi connectivity index (χ3v) is 4.68. The van der Waals surface area contributed by atoms with E-state index >= 15 is 0 Å². The minimum Gasteiger partial charge on any atom is -0.316 e. The van der Waals surface area contributed by atoms with Gasteiger partial charge < -0.3 is 5.32 Å². The Bertz CT molecular complexity index is 329. The molecule has 1 atom stereocenters. The average molecular weight is 249 g/mol. The summed E-state index contributed by atoms with van der Waals surface area (Å²) >= 11 is 1.97. The Morgan fingerprint density at radius 3 is 2.59 bits per heavy atom. The van der Waals surface area contributed by atoms with Crippen LogP contribution in [0, 0.1) is 12.8 Å². The Kier molecular flexibility index (Phi) is 4.93. The zero-order valence-corrected chi connectivity index (χ0v) is 11.7. The van der Waals surface area contributed by atoms with Crippen molar-refractivity contribution < 1.29 is 0 Å². The van der Waals surface area contributed by atoms with Gasteiger partial charge in [0.2, 0.25) is 0 Å². The normalized spacial score (nSPS) is 17.1.